The normalized spacial score (nSPS) is 17.9. The van der Waals surface area contributed by atoms with E-state index < -0.39 is 31.1 Å². The van der Waals surface area contributed by atoms with E-state index in [0.29, 0.717) is 34.6 Å². The Morgan fingerprint density at radius 1 is 1.05 bits per heavy atom. The van der Waals surface area contributed by atoms with Crippen molar-refractivity contribution >= 4 is 42.8 Å². The summed E-state index contributed by atoms with van der Waals surface area (Å²) < 4.78 is 83.4. The Kier molecular flexibility index (Phi) is 7.74. The lowest BCUT2D eigenvalue weighted by molar-refractivity contribution is -0.00855. The molecule has 1 aromatic heterocycles. The molecule has 1 aliphatic carbocycles. The first-order valence-electron chi connectivity index (χ1n) is 13.6. The van der Waals surface area contributed by atoms with Crippen LogP contribution in [0.1, 0.15) is 43.5 Å². The van der Waals surface area contributed by atoms with Gasteiger partial charge in [-0.3, -0.25) is 0 Å². The number of aliphatic imine (C=N–C) groups is 1. The van der Waals surface area contributed by atoms with Crippen molar-refractivity contribution in [3.8, 4) is 5.75 Å². The SMILES string of the molecule is COc1ccc(C2=Nc3c(nc(NCc4cccc(S(C)(=O)=O)c4)nc3NC3(C(C)(F)F)CC3)CC2C)cc1S(C)(=O)=O. The zero-order chi connectivity index (χ0) is 31.4. The minimum absolute atomic E-state index is 0.0184. The van der Waals surface area contributed by atoms with Gasteiger partial charge in [0.05, 0.1) is 23.4 Å². The standard InChI is InChI=1S/C29H33F2N5O5S2/c1-17-13-21-25(34-24(17)19-9-10-22(41-3)23(15-19)43(5,39)40)26(36-29(11-12-29)28(2,30)31)35-27(33-21)32-16-18-7-6-8-20(14-18)42(4,37)38/h6-10,14-15,17H,11-13,16H2,1-5H3,(H2,32,33,35,36). The number of nitrogens with one attached hydrogen (secondary N) is 2. The quantitative estimate of drug-likeness (QED) is 0.322. The molecule has 0 radical (unpaired) electrons. The van der Waals surface area contributed by atoms with Crippen LogP contribution >= 0.6 is 0 Å². The van der Waals surface area contributed by atoms with Crippen molar-refractivity contribution < 1.29 is 30.4 Å². The molecule has 14 heteroatoms. The summed E-state index contributed by atoms with van der Waals surface area (Å²) in [5, 5.41) is 6.06. The predicted octanol–water partition coefficient (Wildman–Crippen LogP) is 4.82. The summed E-state index contributed by atoms with van der Waals surface area (Å²) in [7, 11) is -5.62. The van der Waals surface area contributed by atoms with Crippen molar-refractivity contribution in [2.24, 2.45) is 10.9 Å². The third kappa shape index (κ3) is 6.35. The second kappa shape index (κ2) is 10.8. The van der Waals surface area contributed by atoms with Crippen molar-refractivity contribution in [1.29, 1.82) is 0 Å². The van der Waals surface area contributed by atoms with Gasteiger partial charge in [-0.1, -0.05) is 19.1 Å². The molecule has 230 valence electrons. The maximum Gasteiger partial charge on any atom is 0.267 e. The van der Waals surface area contributed by atoms with Crippen LogP contribution in [0.4, 0.5) is 26.2 Å². The fraction of sp³-hybridized carbons (Fsp3) is 0.414. The van der Waals surface area contributed by atoms with Gasteiger partial charge in [0.1, 0.15) is 21.9 Å². The second-order valence-corrected chi connectivity index (χ2v) is 15.3. The highest BCUT2D eigenvalue weighted by Crippen LogP contribution is 2.51. The number of nitrogens with zero attached hydrogens (tertiary/aromatic N) is 3. The van der Waals surface area contributed by atoms with E-state index in [2.05, 4.69) is 20.6 Å². The molecule has 0 amide bonds. The maximum absolute atomic E-state index is 14.6. The van der Waals surface area contributed by atoms with Crippen LogP contribution in [0.3, 0.4) is 0 Å². The Hall–Kier alpha value is -3.65. The van der Waals surface area contributed by atoms with E-state index in [1.807, 2.05) is 6.92 Å². The molecule has 1 aliphatic heterocycles. The number of aromatic nitrogens is 2. The predicted molar refractivity (Wildman–Crippen MR) is 160 cm³/mol. The van der Waals surface area contributed by atoms with E-state index in [-0.39, 0.29) is 52.6 Å². The van der Waals surface area contributed by atoms with Crippen molar-refractivity contribution in [3.63, 3.8) is 0 Å². The highest BCUT2D eigenvalue weighted by molar-refractivity contribution is 7.91. The maximum atomic E-state index is 14.6. The number of ether oxygens (including phenoxy) is 1. The van der Waals surface area contributed by atoms with Crippen LogP contribution in [-0.2, 0) is 32.6 Å². The van der Waals surface area contributed by atoms with Gasteiger partial charge in [0, 0.05) is 38.3 Å². The van der Waals surface area contributed by atoms with E-state index in [0.717, 1.165) is 19.4 Å². The fourth-order valence-corrected chi connectivity index (χ4v) is 6.66. The van der Waals surface area contributed by atoms with Crippen molar-refractivity contribution in [1.82, 2.24) is 9.97 Å². The molecule has 5 rings (SSSR count). The molecular weight excluding hydrogens is 600 g/mol. The third-order valence-corrected chi connectivity index (χ3v) is 9.97. The Bertz CT molecular complexity index is 1840. The molecule has 3 aromatic rings. The van der Waals surface area contributed by atoms with Gasteiger partial charge in [-0.25, -0.2) is 35.6 Å². The number of sulfone groups is 2. The molecule has 1 unspecified atom stereocenters. The lowest BCUT2D eigenvalue weighted by atomic mass is 9.90. The van der Waals surface area contributed by atoms with E-state index in [1.54, 1.807) is 30.3 Å². The number of hydrogen-bond donors (Lipinski definition) is 2. The van der Waals surface area contributed by atoms with E-state index in [9.17, 15) is 25.6 Å². The summed E-state index contributed by atoms with van der Waals surface area (Å²) in [5.74, 6) is -2.70. The number of rotatable bonds is 10. The summed E-state index contributed by atoms with van der Waals surface area (Å²) in [6.45, 7) is 2.99. The van der Waals surface area contributed by atoms with E-state index in [1.165, 1.54) is 19.2 Å². The average molecular weight is 634 g/mol. The second-order valence-electron chi connectivity index (χ2n) is 11.3. The Morgan fingerprint density at radius 2 is 1.77 bits per heavy atom. The molecule has 2 aliphatic rings. The third-order valence-electron chi connectivity index (χ3n) is 7.74. The van der Waals surface area contributed by atoms with Crippen molar-refractivity contribution in [2.75, 3.05) is 30.3 Å². The Labute approximate surface area is 249 Å². The summed E-state index contributed by atoms with van der Waals surface area (Å²) in [6, 6.07) is 11.2. The lowest BCUT2D eigenvalue weighted by Crippen LogP contribution is -2.40. The summed E-state index contributed by atoms with van der Waals surface area (Å²) >= 11 is 0. The van der Waals surface area contributed by atoms with Crippen LogP contribution < -0.4 is 15.4 Å². The number of anilines is 2. The highest BCUT2D eigenvalue weighted by Gasteiger charge is 2.59. The van der Waals surface area contributed by atoms with Gasteiger partial charge in [-0.2, -0.15) is 4.98 Å². The van der Waals surface area contributed by atoms with Crippen LogP contribution in [0, 0.1) is 5.92 Å². The van der Waals surface area contributed by atoms with Crippen molar-refractivity contribution in [2.45, 2.75) is 60.9 Å². The average Bonchev–Trinajstić information content (AvgIpc) is 3.71. The zero-order valence-electron chi connectivity index (χ0n) is 24.4. The number of alkyl halides is 2. The monoisotopic (exact) mass is 633 g/mol. The molecule has 0 spiro atoms. The van der Waals surface area contributed by atoms with E-state index in [4.69, 9.17) is 9.73 Å². The number of halogens is 2. The molecule has 2 heterocycles. The molecule has 1 atom stereocenters. The molecule has 0 bridgehead atoms. The zero-order valence-corrected chi connectivity index (χ0v) is 26.0. The van der Waals surface area contributed by atoms with E-state index >= 15 is 0 Å². The van der Waals surface area contributed by atoms with Gasteiger partial charge in [0.25, 0.3) is 5.92 Å². The molecule has 1 saturated carbocycles. The largest absolute Gasteiger partial charge is 0.495 e. The number of benzene rings is 2. The molecule has 10 nitrogen and oxygen atoms in total. The topological polar surface area (TPSA) is 140 Å². The number of fused-ring (bicyclic) bond motifs is 1. The lowest BCUT2D eigenvalue weighted by Gasteiger charge is -2.28. The molecular formula is C29H33F2N5O5S2. The minimum atomic E-state index is -3.61. The molecule has 43 heavy (non-hydrogen) atoms. The van der Waals surface area contributed by atoms with Gasteiger partial charge in [0.2, 0.25) is 5.95 Å². The van der Waals surface area contributed by atoms with Crippen LogP contribution in [0.15, 0.2) is 57.2 Å². The summed E-state index contributed by atoms with van der Waals surface area (Å²) in [6.07, 6.45) is 3.11. The first-order valence-corrected chi connectivity index (χ1v) is 17.4. The summed E-state index contributed by atoms with van der Waals surface area (Å²) in [4.78, 5) is 14.2. The highest BCUT2D eigenvalue weighted by atomic mass is 32.2. The van der Waals surface area contributed by atoms with Gasteiger partial charge in [-0.05, 0) is 54.3 Å². The van der Waals surface area contributed by atoms with Gasteiger partial charge < -0.3 is 15.4 Å². The smallest absolute Gasteiger partial charge is 0.267 e. The Morgan fingerprint density at radius 3 is 2.37 bits per heavy atom. The molecule has 1 fully saturated rings. The summed E-state index contributed by atoms with van der Waals surface area (Å²) in [5.41, 5.74) is 1.17. The van der Waals surface area contributed by atoms with Gasteiger partial charge >= 0.3 is 0 Å². The minimum Gasteiger partial charge on any atom is -0.495 e. The van der Waals surface area contributed by atoms with Gasteiger partial charge in [-0.15, -0.1) is 0 Å². The fourth-order valence-electron chi connectivity index (χ4n) is 5.11. The van der Waals surface area contributed by atoms with Crippen molar-refractivity contribution in [3.05, 3.63) is 59.3 Å². The molecule has 2 N–H and O–H groups in total. The first kappa shape index (κ1) is 30.8. The van der Waals surface area contributed by atoms with Crippen LogP contribution in [0.2, 0.25) is 0 Å². The molecule has 2 aromatic carbocycles. The van der Waals surface area contributed by atoms with Crippen LogP contribution in [-0.4, -0.2) is 63.6 Å². The number of methoxy groups -OCH3 is 1. The Balaban J connectivity index is 1.56. The first-order chi connectivity index (χ1) is 20.0. The van der Waals surface area contributed by atoms with Gasteiger partial charge in [0.15, 0.2) is 25.5 Å². The van der Waals surface area contributed by atoms with Crippen LogP contribution in [0.25, 0.3) is 0 Å². The molecule has 0 saturated heterocycles. The van der Waals surface area contributed by atoms with Crippen LogP contribution in [0.5, 0.6) is 5.75 Å². The number of hydrogen-bond acceptors (Lipinski definition) is 10.